The van der Waals surface area contributed by atoms with E-state index in [2.05, 4.69) is 0 Å². The first kappa shape index (κ1) is 10.3. The molecule has 0 aromatic heterocycles. The van der Waals surface area contributed by atoms with Gasteiger partial charge in [0.2, 0.25) is 0 Å². The van der Waals surface area contributed by atoms with E-state index in [4.69, 9.17) is 21.4 Å². The van der Waals surface area contributed by atoms with E-state index in [9.17, 15) is 4.79 Å². The molecule has 1 aromatic rings. The van der Waals surface area contributed by atoms with Crippen molar-refractivity contribution in [2.24, 2.45) is 5.92 Å². The zero-order valence-corrected chi connectivity index (χ0v) is 8.99. The van der Waals surface area contributed by atoms with Crippen molar-refractivity contribution in [2.75, 3.05) is 7.11 Å². The number of carboxylic acid groups (broad SMARTS) is 1. The summed E-state index contributed by atoms with van der Waals surface area (Å²) in [7, 11) is 1.56. The fourth-order valence-corrected chi connectivity index (χ4v) is 2.15. The van der Waals surface area contributed by atoms with Crippen molar-refractivity contribution in [3.63, 3.8) is 0 Å². The number of benzene rings is 1. The summed E-state index contributed by atoms with van der Waals surface area (Å²) in [5.41, 5.74) is 0.828. The molecule has 0 radical (unpaired) electrons. The number of hydrogen-bond acceptors (Lipinski definition) is 2. The number of ether oxygens (including phenoxy) is 1. The van der Waals surface area contributed by atoms with E-state index < -0.39 is 5.97 Å². The van der Waals surface area contributed by atoms with Gasteiger partial charge in [-0.3, -0.25) is 4.79 Å². The maximum absolute atomic E-state index is 10.8. The minimum atomic E-state index is -0.762. The lowest BCUT2D eigenvalue weighted by Crippen LogP contribution is -2.00. The summed E-state index contributed by atoms with van der Waals surface area (Å²) in [5.74, 6) is -0.386. The molecule has 0 aliphatic heterocycles. The number of rotatable bonds is 3. The Morgan fingerprint density at radius 1 is 1.60 bits per heavy atom. The second-order valence-electron chi connectivity index (χ2n) is 3.64. The average Bonchev–Trinajstić information content (AvgIpc) is 2.96. The first-order valence-corrected chi connectivity index (χ1v) is 5.08. The number of aliphatic carboxylic acids is 1. The molecule has 1 saturated carbocycles. The highest BCUT2D eigenvalue weighted by Crippen LogP contribution is 2.52. The highest BCUT2D eigenvalue weighted by atomic mass is 35.5. The molecule has 1 N–H and O–H groups in total. The Morgan fingerprint density at radius 2 is 2.33 bits per heavy atom. The van der Waals surface area contributed by atoms with Gasteiger partial charge < -0.3 is 9.84 Å². The molecule has 0 saturated heterocycles. The molecule has 1 aliphatic rings. The van der Waals surface area contributed by atoms with Crippen LogP contribution < -0.4 is 4.74 Å². The van der Waals surface area contributed by atoms with E-state index in [1.165, 1.54) is 0 Å². The first-order valence-electron chi connectivity index (χ1n) is 4.70. The van der Waals surface area contributed by atoms with Gasteiger partial charge in [-0.15, -0.1) is 0 Å². The van der Waals surface area contributed by atoms with Gasteiger partial charge in [0.25, 0.3) is 0 Å². The molecule has 4 heteroatoms. The molecule has 1 aliphatic carbocycles. The Morgan fingerprint density at radius 3 is 2.87 bits per heavy atom. The summed E-state index contributed by atoms with van der Waals surface area (Å²) in [5, 5.41) is 9.44. The number of hydrogen-bond donors (Lipinski definition) is 1. The Labute approximate surface area is 92.6 Å². The van der Waals surface area contributed by atoms with Crippen molar-refractivity contribution in [1.82, 2.24) is 0 Å². The van der Waals surface area contributed by atoms with Crippen LogP contribution in [0, 0.1) is 5.92 Å². The normalized spacial score (nSPS) is 23.6. The number of methoxy groups -OCH3 is 1. The highest BCUT2D eigenvalue weighted by Gasteiger charge is 2.46. The topological polar surface area (TPSA) is 46.5 Å². The van der Waals surface area contributed by atoms with Crippen molar-refractivity contribution >= 4 is 17.6 Å². The van der Waals surface area contributed by atoms with Crippen LogP contribution >= 0.6 is 11.6 Å². The summed E-state index contributed by atoms with van der Waals surface area (Å²) in [6.07, 6.45) is 0.648. The monoisotopic (exact) mass is 226 g/mol. The van der Waals surface area contributed by atoms with E-state index in [1.807, 2.05) is 0 Å². The van der Waals surface area contributed by atoms with Crippen LogP contribution in [0.2, 0.25) is 5.02 Å². The van der Waals surface area contributed by atoms with Gasteiger partial charge in [-0.05, 0) is 18.6 Å². The van der Waals surface area contributed by atoms with Crippen molar-refractivity contribution < 1.29 is 14.6 Å². The fraction of sp³-hybridized carbons (Fsp3) is 0.364. The Kier molecular flexibility index (Phi) is 2.57. The van der Waals surface area contributed by atoms with Gasteiger partial charge in [0, 0.05) is 16.5 Å². The third kappa shape index (κ3) is 1.79. The third-order valence-electron chi connectivity index (χ3n) is 2.71. The van der Waals surface area contributed by atoms with Gasteiger partial charge in [0.1, 0.15) is 5.75 Å². The van der Waals surface area contributed by atoms with Crippen LogP contribution in [0.5, 0.6) is 5.75 Å². The zero-order valence-electron chi connectivity index (χ0n) is 8.24. The molecule has 0 spiro atoms. The Hall–Kier alpha value is -1.22. The van der Waals surface area contributed by atoms with Gasteiger partial charge in [-0.2, -0.15) is 0 Å². The summed E-state index contributed by atoms with van der Waals surface area (Å²) in [6, 6.07) is 5.36. The number of carbonyl (C=O) groups is 1. The fourth-order valence-electron chi connectivity index (χ4n) is 1.84. The Bertz CT molecular complexity index is 403. The van der Waals surface area contributed by atoms with Gasteiger partial charge in [0.15, 0.2) is 0 Å². The molecule has 80 valence electrons. The lowest BCUT2D eigenvalue weighted by Gasteiger charge is -2.09. The van der Waals surface area contributed by atoms with E-state index in [0.29, 0.717) is 17.2 Å². The van der Waals surface area contributed by atoms with Crippen molar-refractivity contribution in [3.05, 3.63) is 28.8 Å². The molecule has 1 aromatic carbocycles. The van der Waals surface area contributed by atoms with Crippen LogP contribution in [0.15, 0.2) is 18.2 Å². The van der Waals surface area contributed by atoms with Gasteiger partial charge in [-0.25, -0.2) is 0 Å². The van der Waals surface area contributed by atoms with E-state index in [0.717, 1.165) is 5.56 Å². The first-order chi connectivity index (χ1) is 7.15. The van der Waals surface area contributed by atoms with Crippen LogP contribution in [-0.4, -0.2) is 18.2 Å². The van der Waals surface area contributed by atoms with E-state index >= 15 is 0 Å². The molecule has 0 bridgehead atoms. The van der Waals surface area contributed by atoms with E-state index in [-0.39, 0.29) is 11.8 Å². The molecular weight excluding hydrogens is 216 g/mol. The van der Waals surface area contributed by atoms with Crippen molar-refractivity contribution in [3.8, 4) is 5.75 Å². The molecule has 0 amide bonds. The largest absolute Gasteiger partial charge is 0.496 e. The molecule has 3 nitrogen and oxygen atoms in total. The standard InChI is InChI=1S/C11H11ClO3/c1-15-9-4-2-3-8(12)10(9)6-5-7(6)11(13)14/h2-4,6-7H,5H2,1H3,(H,13,14). The minimum absolute atomic E-state index is 0.00569. The van der Waals surface area contributed by atoms with Gasteiger partial charge in [-0.1, -0.05) is 17.7 Å². The predicted octanol–water partition coefficient (Wildman–Crippen LogP) is 2.54. The second-order valence-corrected chi connectivity index (χ2v) is 4.05. The minimum Gasteiger partial charge on any atom is -0.496 e. The molecule has 0 heterocycles. The van der Waals surface area contributed by atoms with Gasteiger partial charge >= 0.3 is 5.97 Å². The smallest absolute Gasteiger partial charge is 0.307 e. The molecular formula is C11H11ClO3. The zero-order chi connectivity index (χ0) is 11.0. The highest BCUT2D eigenvalue weighted by molar-refractivity contribution is 6.31. The van der Waals surface area contributed by atoms with Crippen LogP contribution in [0.1, 0.15) is 17.9 Å². The quantitative estimate of drug-likeness (QED) is 0.862. The molecule has 2 unspecified atom stereocenters. The Balaban J connectivity index is 2.33. The van der Waals surface area contributed by atoms with Crippen LogP contribution in [0.3, 0.4) is 0 Å². The average molecular weight is 227 g/mol. The maximum atomic E-state index is 10.8. The summed E-state index contributed by atoms with van der Waals surface area (Å²) in [6.45, 7) is 0. The van der Waals surface area contributed by atoms with Crippen molar-refractivity contribution in [1.29, 1.82) is 0 Å². The predicted molar refractivity (Wildman–Crippen MR) is 56.5 cm³/mol. The summed E-state index contributed by atoms with van der Waals surface area (Å²) in [4.78, 5) is 10.8. The SMILES string of the molecule is COc1cccc(Cl)c1C1CC1C(=O)O. The van der Waals surface area contributed by atoms with Crippen LogP contribution in [0.25, 0.3) is 0 Å². The molecule has 1 fully saturated rings. The van der Waals surface area contributed by atoms with Gasteiger partial charge in [0.05, 0.1) is 13.0 Å². The lowest BCUT2D eigenvalue weighted by molar-refractivity contribution is -0.138. The lowest BCUT2D eigenvalue weighted by atomic mass is 10.1. The van der Waals surface area contributed by atoms with E-state index in [1.54, 1.807) is 25.3 Å². The second kappa shape index (κ2) is 3.74. The molecule has 15 heavy (non-hydrogen) atoms. The maximum Gasteiger partial charge on any atom is 0.307 e. The van der Waals surface area contributed by atoms with Crippen LogP contribution in [0.4, 0.5) is 0 Å². The number of carboxylic acids is 1. The molecule has 2 rings (SSSR count). The molecule has 2 atom stereocenters. The third-order valence-corrected chi connectivity index (χ3v) is 3.04. The summed E-state index contributed by atoms with van der Waals surface area (Å²) >= 11 is 6.04. The summed E-state index contributed by atoms with van der Waals surface area (Å²) < 4.78 is 5.18. The van der Waals surface area contributed by atoms with Crippen molar-refractivity contribution in [2.45, 2.75) is 12.3 Å². The van der Waals surface area contributed by atoms with Crippen LogP contribution in [-0.2, 0) is 4.79 Å². The number of halogens is 1.